The van der Waals surface area contributed by atoms with E-state index in [1.54, 1.807) is 23.9 Å². The number of benzene rings is 1. The summed E-state index contributed by atoms with van der Waals surface area (Å²) in [5.74, 6) is 1.71. The normalized spacial score (nSPS) is 10.0. The zero-order chi connectivity index (χ0) is 12.7. The molecule has 0 aliphatic carbocycles. The van der Waals surface area contributed by atoms with Crippen LogP contribution in [0, 0.1) is 3.57 Å². The van der Waals surface area contributed by atoms with Crippen molar-refractivity contribution in [2.45, 2.75) is 0 Å². The molecule has 0 bridgehead atoms. The van der Waals surface area contributed by atoms with Gasteiger partial charge in [-0.05, 0) is 40.8 Å². The first-order valence-corrected chi connectivity index (χ1v) is 7.68. The second kappa shape index (κ2) is 8.00. The molecule has 0 unspecified atom stereocenters. The van der Waals surface area contributed by atoms with Gasteiger partial charge in [0, 0.05) is 27.2 Å². The van der Waals surface area contributed by atoms with Gasteiger partial charge in [-0.1, -0.05) is 17.7 Å². The Morgan fingerprint density at radius 1 is 1.59 bits per heavy atom. The summed E-state index contributed by atoms with van der Waals surface area (Å²) in [5.41, 5.74) is 0.601. The highest BCUT2D eigenvalue weighted by molar-refractivity contribution is 14.1. The molecule has 0 aliphatic heterocycles. The molecule has 0 aromatic heterocycles. The van der Waals surface area contributed by atoms with Crippen LogP contribution >= 0.6 is 46.0 Å². The number of carbonyl (C=O) groups excluding carboxylic acids is 1. The fourth-order valence-corrected chi connectivity index (χ4v) is 2.24. The fourth-order valence-electron chi connectivity index (χ4n) is 1.14. The van der Waals surface area contributed by atoms with Crippen molar-refractivity contribution in [1.29, 1.82) is 0 Å². The van der Waals surface area contributed by atoms with E-state index in [0.29, 0.717) is 17.1 Å². The zero-order valence-electron chi connectivity index (χ0n) is 9.21. The van der Waals surface area contributed by atoms with Crippen molar-refractivity contribution in [3.05, 3.63) is 45.0 Å². The lowest BCUT2D eigenvalue weighted by molar-refractivity contribution is 0.0956. The third-order valence-electron chi connectivity index (χ3n) is 1.95. The van der Waals surface area contributed by atoms with Crippen LogP contribution in [0.4, 0.5) is 0 Å². The molecule has 0 spiro atoms. The summed E-state index contributed by atoms with van der Waals surface area (Å²) >= 11 is 9.83. The molecular formula is C12H13ClINOS. The Balaban J connectivity index is 2.41. The molecule has 1 aromatic rings. The van der Waals surface area contributed by atoms with Gasteiger partial charge in [0.1, 0.15) is 0 Å². The minimum atomic E-state index is -0.0810. The van der Waals surface area contributed by atoms with E-state index in [2.05, 4.69) is 34.5 Å². The molecule has 1 amide bonds. The van der Waals surface area contributed by atoms with E-state index in [-0.39, 0.29) is 5.91 Å². The zero-order valence-corrected chi connectivity index (χ0v) is 12.9. The molecule has 0 saturated heterocycles. The first-order valence-electron chi connectivity index (χ1n) is 5.07. The molecule has 17 heavy (non-hydrogen) atoms. The van der Waals surface area contributed by atoms with Crippen LogP contribution in [0.25, 0.3) is 0 Å². The van der Waals surface area contributed by atoms with Crippen molar-refractivity contribution >= 4 is 51.9 Å². The van der Waals surface area contributed by atoms with Crippen molar-refractivity contribution in [1.82, 2.24) is 5.32 Å². The molecule has 0 fully saturated rings. The number of rotatable bonds is 6. The topological polar surface area (TPSA) is 29.1 Å². The third kappa shape index (κ3) is 5.31. The number of halogens is 2. The third-order valence-corrected chi connectivity index (χ3v) is 4.49. The summed E-state index contributed by atoms with van der Waals surface area (Å²) in [7, 11) is 0. The van der Waals surface area contributed by atoms with Crippen molar-refractivity contribution in [3.8, 4) is 0 Å². The highest BCUT2D eigenvalue weighted by atomic mass is 127. The van der Waals surface area contributed by atoms with Gasteiger partial charge in [-0.3, -0.25) is 4.79 Å². The largest absolute Gasteiger partial charge is 0.351 e. The van der Waals surface area contributed by atoms with Crippen LogP contribution in [0.2, 0.25) is 5.02 Å². The van der Waals surface area contributed by atoms with Crippen LogP contribution in [0.1, 0.15) is 10.4 Å². The lowest BCUT2D eigenvalue weighted by Gasteiger charge is -2.05. The Morgan fingerprint density at radius 2 is 2.35 bits per heavy atom. The predicted molar refractivity (Wildman–Crippen MR) is 84.0 cm³/mol. The van der Waals surface area contributed by atoms with Crippen LogP contribution in [0.5, 0.6) is 0 Å². The molecule has 1 rings (SSSR count). The maximum absolute atomic E-state index is 11.7. The maximum Gasteiger partial charge on any atom is 0.251 e. The highest BCUT2D eigenvalue weighted by Crippen LogP contribution is 2.19. The smallest absolute Gasteiger partial charge is 0.251 e. The van der Waals surface area contributed by atoms with E-state index >= 15 is 0 Å². The summed E-state index contributed by atoms with van der Waals surface area (Å²) in [6, 6.07) is 5.31. The fraction of sp³-hybridized carbons (Fsp3) is 0.250. The molecule has 0 saturated carbocycles. The van der Waals surface area contributed by atoms with Crippen LogP contribution in [-0.2, 0) is 0 Å². The van der Waals surface area contributed by atoms with E-state index in [0.717, 1.165) is 15.1 Å². The molecule has 0 radical (unpaired) electrons. The molecule has 0 atom stereocenters. The number of nitrogens with one attached hydrogen (secondary N) is 1. The minimum absolute atomic E-state index is 0.0810. The van der Waals surface area contributed by atoms with Gasteiger partial charge in [0.05, 0.1) is 5.02 Å². The average Bonchev–Trinajstić information content (AvgIpc) is 2.32. The first-order chi connectivity index (χ1) is 8.15. The van der Waals surface area contributed by atoms with Gasteiger partial charge < -0.3 is 5.32 Å². The summed E-state index contributed by atoms with van der Waals surface area (Å²) in [6.45, 7) is 4.29. The summed E-state index contributed by atoms with van der Waals surface area (Å²) in [6.07, 6.45) is 1.85. The summed E-state index contributed by atoms with van der Waals surface area (Å²) in [5, 5.41) is 3.46. The van der Waals surface area contributed by atoms with Gasteiger partial charge in [-0.15, -0.1) is 6.58 Å². The molecule has 0 heterocycles. The lowest BCUT2D eigenvalue weighted by Crippen LogP contribution is -2.25. The van der Waals surface area contributed by atoms with Crippen molar-refractivity contribution in [2.75, 3.05) is 18.1 Å². The molecule has 1 N–H and O–H groups in total. The Hall–Kier alpha value is -0.200. The van der Waals surface area contributed by atoms with Crippen LogP contribution in [0.15, 0.2) is 30.9 Å². The Kier molecular flexibility index (Phi) is 6.99. The number of amides is 1. The van der Waals surface area contributed by atoms with E-state index < -0.39 is 0 Å². The van der Waals surface area contributed by atoms with Crippen LogP contribution in [0.3, 0.4) is 0 Å². The van der Waals surface area contributed by atoms with Gasteiger partial charge in [0.2, 0.25) is 0 Å². The number of carbonyl (C=O) groups is 1. The van der Waals surface area contributed by atoms with Gasteiger partial charge in [-0.2, -0.15) is 11.8 Å². The van der Waals surface area contributed by atoms with Gasteiger partial charge in [-0.25, -0.2) is 0 Å². The second-order valence-electron chi connectivity index (χ2n) is 3.25. The van der Waals surface area contributed by atoms with Crippen molar-refractivity contribution < 1.29 is 4.79 Å². The first kappa shape index (κ1) is 14.9. The average molecular weight is 382 g/mol. The molecule has 92 valence electrons. The van der Waals surface area contributed by atoms with Gasteiger partial charge in [0.25, 0.3) is 5.91 Å². The molecular weight excluding hydrogens is 369 g/mol. The summed E-state index contributed by atoms with van der Waals surface area (Å²) < 4.78 is 0.947. The monoisotopic (exact) mass is 381 g/mol. The lowest BCUT2D eigenvalue weighted by atomic mass is 10.2. The van der Waals surface area contributed by atoms with E-state index in [9.17, 15) is 4.79 Å². The van der Waals surface area contributed by atoms with E-state index in [1.165, 1.54) is 0 Å². The van der Waals surface area contributed by atoms with Crippen molar-refractivity contribution in [2.24, 2.45) is 0 Å². The van der Waals surface area contributed by atoms with Crippen molar-refractivity contribution in [3.63, 3.8) is 0 Å². The van der Waals surface area contributed by atoms with E-state index in [4.69, 9.17) is 11.6 Å². The number of hydrogen-bond acceptors (Lipinski definition) is 2. The second-order valence-corrected chi connectivity index (χ2v) is 5.97. The minimum Gasteiger partial charge on any atom is -0.351 e. The maximum atomic E-state index is 11.7. The molecule has 5 heteroatoms. The Labute approximate surface area is 124 Å². The molecule has 2 nitrogen and oxygen atoms in total. The highest BCUT2D eigenvalue weighted by Gasteiger charge is 2.06. The van der Waals surface area contributed by atoms with Crippen LogP contribution < -0.4 is 5.32 Å². The van der Waals surface area contributed by atoms with Gasteiger partial charge >= 0.3 is 0 Å². The summed E-state index contributed by atoms with van der Waals surface area (Å²) in [4.78, 5) is 11.7. The SMILES string of the molecule is C=CCSCCNC(=O)c1ccc(I)c(Cl)c1. The van der Waals surface area contributed by atoms with Crippen LogP contribution in [-0.4, -0.2) is 24.0 Å². The Morgan fingerprint density at radius 3 is 3.00 bits per heavy atom. The molecule has 1 aromatic carbocycles. The Bertz CT molecular complexity index is 411. The number of hydrogen-bond donors (Lipinski definition) is 1. The molecule has 0 aliphatic rings. The van der Waals surface area contributed by atoms with E-state index in [1.807, 2.05) is 12.1 Å². The quantitative estimate of drug-likeness (QED) is 0.463. The standard InChI is InChI=1S/C12H13ClINOS/c1-2-6-17-7-5-15-12(16)9-3-4-11(14)10(13)8-9/h2-4,8H,1,5-7H2,(H,15,16). The number of thioether (sulfide) groups is 1. The predicted octanol–water partition coefficient (Wildman–Crippen LogP) is 3.59. The van der Waals surface area contributed by atoms with Gasteiger partial charge in [0.15, 0.2) is 0 Å².